The van der Waals surface area contributed by atoms with Crippen molar-refractivity contribution in [2.24, 2.45) is 0 Å². The average molecular weight is 250 g/mol. The number of imidazole rings is 1. The highest BCUT2D eigenvalue weighted by molar-refractivity contribution is 4.81. The molecule has 18 heavy (non-hydrogen) atoms. The van der Waals surface area contributed by atoms with Crippen LogP contribution in [-0.4, -0.2) is 46.2 Å². The lowest BCUT2D eigenvalue weighted by Gasteiger charge is -2.36. The zero-order valence-corrected chi connectivity index (χ0v) is 11.7. The van der Waals surface area contributed by atoms with E-state index < -0.39 is 0 Å². The van der Waals surface area contributed by atoms with Crippen molar-refractivity contribution < 1.29 is 0 Å². The van der Waals surface area contributed by atoms with Gasteiger partial charge in [-0.25, -0.2) is 4.98 Å². The van der Waals surface area contributed by atoms with Crippen LogP contribution < -0.4 is 5.32 Å². The Balaban J connectivity index is 1.79. The van der Waals surface area contributed by atoms with Gasteiger partial charge in [-0.2, -0.15) is 0 Å². The fourth-order valence-electron chi connectivity index (χ4n) is 2.62. The van der Waals surface area contributed by atoms with Gasteiger partial charge in [0.25, 0.3) is 0 Å². The first-order valence-electron chi connectivity index (χ1n) is 7.19. The molecule has 0 spiro atoms. The molecule has 2 heterocycles. The van der Waals surface area contributed by atoms with Gasteiger partial charge in [-0.3, -0.25) is 4.90 Å². The van der Waals surface area contributed by atoms with Crippen LogP contribution in [-0.2, 0) is 6.54 Å². The third kappa shape index (κ3) is 4.10. The third-order valence-corrected chi connectivity index (χ3v) is 3.72. The summed E-state index contributed by atoms with van der Waals surface area (Å²) in [6, 6.07) is 1.30. The molecule has 1 saturated heterocycles. The van der Waals surface area contributed by atoms with E-state index in [0.717, 1.165) is 19.6 Å². The SMILES string of the molecule is CC(C)NCC1CCCCN1CCn1ccnc1. The second-order valence-electron chi connectivity index (χ2n) is 5.55. The van der Waals surface area contributed by atoms with E-state index in [1.807, 2.05) is 18.7 Å². The summed E-state index contributed by atoms with van der Waals surface area (Å²) in [6.45, 7) is 9.01. The van der Waals surface area contributed by atoms with Crippen LogP contribution in [0.15, 0.2) is 18.7 Å². The van der Waals surface area contributed by atoms with E-state index >= 15 is 0 Å². The van der Waals surface area contributed by atoms with Gasteiger partial charge in [0.15, 0.2) is 0 Å². The van der Waals surface area contributed by atoms with Crippen molar-refractivity contribution in [2.75, 3.05) is 19.6 Å². The zero-order chi connectivity index (χ0) is 12.8. The smallest absolute Gasteiger partial charge is 0.0946 e. The lowest BCUT2D eigenvalue weighted by molar-refractivity contribution is 0.138. The number of piperidine rings is 1. The minimum Gasteiger partial charge on any atom is -0.336 e. The van der Waals surface area contributed by atoms with Crippen molar-refractivity contribution in [3.05, 3.63) is 18.7 Å². The molecule has 0 radical (unpaired) electrons. The summed E-state index contributed by atoms with van der Waals surface area (Å²) in [5.41, 5.74) is 0. The highest BCUT2D eigenvalue weighted by atomic mass is 15.2. The number of aromatic nitrogens is 2. The molecule has 0 aliphatic carbocycles. The van der Waals surface area contributed by atoms with Gasteiger partial charge in [0.05, 0.1) is 6.33 Å². The van der Waals surface area contributed by atoms with Crippen molar-refractivity contribution >= 4 is 0 Å². The fourth-order valence-corrected chi connectivity index (χ4v) is 2.62. The third-order valence-electron chi connectivity index (χ3n) is 3.72. The predicted molar refractivity (Wildman–Crippen MR) is 74.6 cm³/mol. The molecule has 2 rings (SSSR count). The van der Waals surface area contributed by atoms with Crippen LogP contribution in [0, 0.1) is 0 Å². The molecular weight excluding hydrogens is 224 g/mol. The Labute approximate surface area is 110 Å². The Morgan fingerprint density at radius 1 is 1.33 bits per heavy atom. The van der Waals surface area contributed by atoms with E-state index in [4.69, 9.17) is 0 Å². The van der Waals surface area contributed by atoms with Gasteiger partial charge < -0.3 is 9.88 Å². The van der Waals surface area contributed by atoms with Gasteiger partial charge in [-0.1, -0.05) is 20.3 Å². The summed E-state index contributed by atoms with van der Waals surface area (Å²) in [6.07, 6.45) is 9.88. The van der Waals surface area contributed by atoms with Crippen molar-refractivity contribution in [1.82, 2.24) is 19.8 Å². The maximum atomic E-state index is 4.10. The van der Waals surface area contributed by atoms with Crippen molar-refractivity contribution in [2.45, 2.75) is 51.7 Å². The molecule has 1 fully saturated rings. The number of likely N-dealkylation sites (tertiary alicyclic amines) is 1. The maximum absolute atomic E-state index is 4.10. The summed E-state index contributed by atoms with van der Waals surface area (Å²) >= 11 is 0. The molecule has 0 saturated carbocycles. The predicted octanol–water partition coefficient (Wildman–Crippen LogP) is 1.74. The van der Waals surface area contributed by atoms with Crippen molar-refractivity contribution in [1.29, 1.82) is 0 Å². The zero-order valence-electron chi connectivity index (χ0n) is 11.7. The topological polar surface area (TPSA) is 33.1 Å². The number of hydrogen-bond donors (Lipinski definition) is 1. The molecule has 1 aliphatic rings. The molecule has 1 N–H and O–H groups in total. The van der Waals surface area contributed by atoms with Gasteiger partial charge in [0, 0.05) is 44.1 Å². The number of nitrogens with zero attached hydrogens (tertiary/aromatic N) is 3. The van der Waals surface area contributed by atoms with E-state index in [9.17, 15) is 0 Å². The molecule has 1 aromatic heterocycles. The molecule has 1 unspecified atom stereocenters. The maximum Gasteiger partial charge on any atom is 0.0946 e. The van der Waals surface area contributed by atoms with Gasteiger partial charge in [-0.15, -0.1) is 0 Å². The average Bonchev–Trinajstić information content (AvgIpc) is 2.88. The highest BCUT2D eigenvalue weighted by Crippen LogP contribution is 2.16. The lowest BCUT2D eigenvalue weighted by Crippen LogP contribution is -2.47. The van der Waals surface area contributed by atoms with E-state index in [1.54, 1.807) is 0 Å². The Kier molecular flexibility index (Phi) is 5.20. The summed E-state index contributed by atoms with van der Waals surface area (Å²) in [4.78, 5) is 6.73. The number of rotatable bonds is 6. The first-order valence-corrected chi connectivity index (χ1v) is 7.19. The highest BCUT2D eigenvalue weighted by Gasteiger charge is 2.21. The Morgan fingerprint density at radius 2 is 2.22 bits per heavy atom. The van der Waals surface area contributed by atoms with Gasteiger partial charge >= 0.3 is 0 Å². The van der Waals surface area contributed by atoms with Crippen molar-refractivity contribution in [3.8, 4) is 0 Å². The first kappa shape index (κ1) is 13.6. The van der Waals surface area contributed by atoms with E-state index in [1.165, 1.54) is 25.8 Å². The van der Waals surface area contributed by atoms with Gasteiger partial charge in [0.2, 0.25) is 0 Å². The fraction of sp³-hybridized carbons (Fsp3) is 0.786. The number of nitrogens with one attached hydrogen (secondary N) is 1. The van der Waals surface area contributed by atoms with Crippen LogP contribution in [0.2, 0.25) is 0 Å². The van der Waals surface area contributed by atoms with Crippen LogP contribution in [0.25, 0.3) is 0 Å². The monoisotopic (exact) mass is 250 g/mol. The van der Waals surface area contributed by atoms with Crippen LogP contribution in [0.1, 0.15) is 33.1 Å². The van der Waals surface area contributed by atoms with E-state index in [0.29, 0.717) is 12.1 Å². The van der Waals surface area contributed by atoms with E-state index in [2.05, 4.69) is 33.6 Å². The van der Waals surface area contributed by atoms with Crippen LogP contribution in [0.5, 0.6) is 0 Å². The summed E-state index contributed by atoms with van der Waals surface area (Å²) in [5.74, 6) is 0. The Hall–Kier alpha value is -0.870. The molecule has 4 nitrogen and oxygen atoms in total. The minimum absolute atomic E-state index is 0.586. The second kappa shape index (κ2) is 6.90. The quantitative estimate of drug-likeness (QED) is 0.835. The summed E-state index contributed by atoms with van der Waals surface area (Å²) < 4.78 is 2.17. The molecule has 0 aromatic carbocycles. The molecule has 1 aliphatic heterocycles. The molecule has 4 heteroatoms. The van der Waals surface area contributed by atoms with E-state index in [-0.39, 0.29) is 0 Å². The minimum atomic E-state index is 0.586. The standard InChI is InChI=1S/C14H26N4/c1-13(2)16-11-14-5-3-4-7-18(14)10-9-17-8-6-15-12-17/h6,8,12-14,16H,3-5,7,9-11H2,1-2H3. The molecule has 0 bridgehead atoms. The van der Waals surface area contributed by atoms with Crippen LogP contribution >= 0.6 is 0 Å². The second-order valence-corrected chi connectivity index (χ2v) is 5.55. The van der Waals surface area contributed by atoms with Crippen LogP contribution in [0.3, 0.4) is 0 Å². The first-order chi connectivity index (χ1) is 8.75. The Morgan fingerprint density at radius 3 is 2.94 bits per heavy atom. The molecule has 102 valence electrons. The van der Waals surface area contributed by atoms with Crippen molar-refractivity contribution in [3.63, 3.8) is 0 Å². The lowest BCUT2D eigenvalue weighted by atomic mass is 10.0. The molecule has 1 atom stereocenters. The van der Waals surface area contributed by atoms with Gasteiger partial charge in [0.1, 0.15) is 0 Å². The molecule has 0 amide bonds. The van der Waals surface area contributed by atoms with Crippen LogP contribution in [0.4, 0.5) is 0 Å². The Bertz CT molecular complexity index is 321. The largest absolute Gasteiger partial charge is 0.336 e. The molecule has 1 aromatic rings. The summed E-state index contributed by atoms with van der Waals surface area (Å²) in [5, 5.41) is 3.58. The summed E-state index contributed by atoms with van der Waals surface area (Å²) in [7, 11) is 0. The normalized spacial score (nSPS) is 21.6. The number of hydrogen-bond acceptors (Lipinski definition) is 3. The molecular formula is C14H26N4. The van der Waals surface area contributed by atoms with Gasteiger partial charge in [-0.05, 0) is 19.4 Å².